The average molecular weight is 434 g/mol. The van der Waals surface area contributed by atoms with Crippen LogP contribution in [0.15, 0.2) is 24.3 Å². The summed E-state index contributed by atoms with van der Waals surface area (Å²) in [4.78, 5) is 2.48. The molecular weight excluding hydrogens is 409 g/mol. The molecule has 1 saturated carbocycles. The summed E-state index contributed by atoms with van der Waals surface area (Å²) in [5.74, 6) is -1.37. The van der Waals surface area contributed by atoms with Crippen molar-refractivity contribution in [3.8, 4) is 11.3 Å². The highest BCUT2D eigenvalue weighted by Crippen LogP contribution is 2.39. The summed E-state index contributed by atoms with van der Waals surface area (Å²) in [6, 6.07) is 4.93. The molecule has 2 saturated heterocycles. The van der Waals surface area contributed by atoms with Gasteiger partial charge in [0.1, 0.15) is 11.6 Å². The first-order chi connectivity index (χ1) is 15.0. The summed E-state index contributed by atoms with van der Waals surface area (Å²) in [5.41, 5.74) is -0.145. The predicted octanol–water partition coefficient (Wildman–Crippen LogP) is 3.10. The van der Waals surface area contributed by atoms with E-state index in [1.807, 2.05) is 0 Å². The molecule has 0 spiro atoms. The first-order valence-corrected chi connectivity index (χ1v) is 10.7. The Hall–Kier alpha value is -2.23. The summed E-state index contributed by atoms with van der Waals surface area (Å²) >= 11 is 0. The number of nitrogens with one attached hydrogen (secondary N) is 1. The van der Waals surface area contributed by atoms with Gasteiger partial charge in [-0.1, -0.05) is 0 Å². The lowest BCUT2D eigenvalue weighted by molar-refractivity contribution is -0.0964. The van der Waals surface area contributed by atoms with E-state index in [-0.39, 0.29) is 17.4 Å². The lowest BCUT2D eigenvalue weighted by Gasteiger charge is -2.28. The molecule has 5 rings (SSSR count). The number of hydrogen-bond acceptors (Lipinski definition) is 6. The fourth-order valence-corrected chi connectivity index (χ4v) is 5.10. The highest BCUT2D eigenvalue weighted by molar-refractivity contribution is 5.60. The predicted molar refractivity (Wildman–Crippen MR) is 108 cm³/mol. The van der Waals surface area contributed by atoms with Crippen LogP contribution in [-0.2, 0) is 9.47 Å². The van der Waals surface area contributed by atoms with E-state index in [2.05, 4.69) is 20.4 Å². The molecule has 1 N–H and O–H groups in total. The van der Waals surface area contributed by atoms with Gasteiger partial charge in [-0.05, 0) is 42.9 Å². The van der Waals surface area contributed by atoms with Crippen LogP contribution in [0.25, 0.3) is 11.3 Å². The minimum absolute atomic E-state index is 0.0919. The van der Waals surface area contributed by atoms with Crippen molar-refractivity contribution in [2.45, 2.75) is 25.0 Å². The maximum atomic E-state index is 14.0. The summed E-state index contributed by atoms with van der Waals surface area (Å²) in [6.45, 7) is 5.10. The minimum Gasteiger partial charge on any atom is -0.376 e. The summed E-state index contributed by atoms with van der Waals surface area (Å²) in [6.07, 6.45) is 2.28. The monoisotopic (exact) mass is 434 g/mol. The molecule has 3 heterocycles. The SMILES string of the molecule is Fc1cc(F)c(F)c(-c2ccc(N[C@H]3C[C@@H]4CN(C[C@H]5COCCO5)C[C@@H]4C3)nn2)c1. The zero-order valence-electron chi connectivity index (χ0n) is 17.1. The Labute approximate surface area is 178 Å². The molecule has 4 atom stereocenters. The van der Waals surface area contributed by atoms with Gasteiger partial charge in [-0.15, -0.1) is 10.2 Å². The molecule has 1 aromatic carbocycles. The molecule has 0 radical (unpaired) electrons. The molecule has 0 amide bonds. The van der Waals surface area contributed by atoms with Gasteiger partial charge >= 0.3 is 0 Å². The molecule has 2 aliphatic heterocycles. The second kappa shape index (κ2) is 8.72. The maximum Gasteiger partial charge on any atom is 0.168 e. The lowest BCUT2D eigenvalue weighted by Crippen LogP contribution is -2.39. The molecule has 166 valence electrons. The van der Waals surface area contributed by atoms with E-state index in [1.54, 1.807) is 6.07 Å². The number of anilines is 1. The van der Waals surface area contributed by atoms with E-state index < -0.39 is 17.5 Å². The van der Waals surface area contributed by atoms with E-state index in [0.29, 0.717) is 49.6 Å². The minimum atomic E-state index is -1.24. The molecule has 0 bridgehead atoms. The van der Waals surface area contributed by atoms with Gasteiger partial charge in [0.15, 0.2) is 11.6 Å². The maximum absolute atomic E-state index is 14.0. The molecule has 3 aliphatic rings. The molecule has 1 aliphatic carbocycles. The Bertz CT molecular complexity index is 910. The number of benzene rings is 1. The van der Waals surface area contributed by atoms with Gasteiger partial charge < -0.3 is 19.7 Å². The normalized spacial score (nSPS) is 28.6. The van der Waals surface area contributed by atoms with E-state index in [1.165, 1.54) is 6.07 Å². The van der Waals surface area contributed by atoms with Crippen molar-refractivity contribution in [2.24, 2.45) is 11.8 Å². The molecule has 6 nitrogen and oxygen atoms in total. The van der Waals surface area contributed by atoms with E-state index in [9.17, 15) is 13.2 Å². The Morgan fingerprint density at radius 2 is 1.84 bits per heavy atom. The van der Waals surface area contributed by atoms with Crippen molar-refractivity contribution in [1.82, 2.24) is 15.1 Å². The Morgan fingerprint density at radius 1 is 1.03 bits per heavy atom. The number of nitrogens with zero attached hydrogens (tertiary/aromatic N) is 3. The Balaban J connectivity index is 1.16. The topological polar surface area (TPSA) is 59.5 Å². The molecule has 9 heteroatoms. The Kier molecular flexibility index (Phi) is 5.81. The van der Waals surface area contributed by atoms with Crippen LogP contribution in [0, 0.1) is 29.3 Å². The largest absolute Gasteiger partial charge is 0.376 e. The van der Waals surface area contributed by atoms with Crippen LogP contribution in [0.1, 0.15) is 12.8 Å². The molecule has 31 heavy (non-hydrogen) atoms. The second-order valence-corrected chi connectivity index (χ2v) is 8.67. The summed E-state index contributed by atoms with van der Waals surface area (Å²) in [5, 5.41) is 11.5. The number of fused-ring (bicyclic) bond motifs is 1. The van der Waals surface area contributed by atoms with Gasteiger partial charge in [0, 0.05) is 37.3 Å². The van der Waals surface area contributed by atoms with Gasteiger partial charge in [-0.3, -0.25) is 0 Å². The summed E-state index contributed by atoms with van der Waals surface area (Å²) in [7, 11) is 0. The number of halogens is 3. The Morgan fingerprint density at radius 3 is 2.52 bits per heavy atom. The van der Waals surface area contributed by atoms with Crippen LogP contribution in [0.3, 0.4) is 0 Å². The number of hydrogen-bond donors (Lipinski definition) is 1. The van der Waals surface area contributed by atoms with Crippen molar-refractivity contribution < 1.29 is 22.6 Å². The van der Waals surface area contributed by atoms with Crippen LogP contribution in [0.2, 0.25) is 0 Å². The number of ether oxygens (including phenoxy) is 2. The highest BCUT2D eigenvalue weighted by atomic mass is 19.2. The molecule has 0 unspecified atom stereocenters. The first kappa shape index (κ1) is 20.7. The molecule has 1 aromatic heterocycles. The van der Waals surface area contributed by atoms with Crippen molar-refractivity contribution in [2.75, 3.05) is 44.8 Å². The molecule has 2 aromatic rings. The van der Waals surface area contributed by atoms with E-state index in [4.69, 9.17) is 9.47 Å². The quantitative estimate of drug-likeness (QED) is 0.730. The van der Waals surface area contributed by atoms with Crippen molar-refractivity contribution in [3.63, 3.8) is 0 Å². The number of likely N-dealkylation sites (tertiary alicyclic amines) is 1. The third kappa shape index (κ3) is 4.53. The highest BCUT2D eigenvalue weighted by Gasteiger charge is 2.41. The average Bonchev–Trinajstić information content (AvgIpc) is 3.30. The van der Waals surface area contributed by atoms with Crippen LogP contribution < -0.4 is 5.32 Å². The van der Waals surface area contributed by atoms with E-state index in [0.717, 1.165) is 38.5 Å². The van der Waals surface area contributed by atoms with Crippen molar-refractivity contribution in [3.05, 3.63) is 41.7 Å². The van der Waals surface area contributed by atoms with Crippen LogP contribution >= 0.6 is 0 Å². The fourth-order valence-electron chi connectivity index (χ4n) is 5.10. The van der Waals surface area contributed by atoms with Gasteiger partial charge in [-0.25, -0.2) is 13.2 Å². The van der Waals surface area contributed by atoms with Crippen molar-refractivity contribution in [1.29, 1.82) is 0 Å². The summed E-state index contributed by atoms with van der Waals surface area (Å²) < 4.78 is 52.1. The zero-order chi connectivity index (χ0) is 21.4. The zero-order valence-corrected chi connectivity index (χ0v) is 17.1. The van der Waals surface area contributed by atoms with Crippen LogP contribution in [0.5, 0.6) is 0 Å². The first-order valence-electron chi connectivity index (χ1n) is 10.7. The van der Waals surface area contributed by atoms with Gasteiger partial charge in [0.05, 0.1) is 31.6 Å². The second-order valence-electron chi connectivity index (χ2n) is 8.67. The molecule has 3 fully saturated rings. The van der Waals surface area contributed by atoms with E-state index >= 15 is 0 Å². The third-order valence-corrected chi connectivity index (χ3v) is 6.46. The molecular formula is C22H25F3N4O2. The standard InChI is InChI=1S/C22H25F3N4O2/c23-15-7-18(22(25)19(24)8-15)20-1-2-21(28-27-20)26-16-5-13-9-29(10-14(13)6-16)11-17-12-30-3-4-31-17/h1-2,7-8,13-14,16-17H,3-6,9-12H2,(H,26,28)/t13-,14+,16+,17-/m0/s1. The third-order valence-electron chi connectivity index (χ3n) is 6.46. The number of aromatic nitrogens is 2. The van der Waals surface area contributed by atoms with Crippen molar-refractivity contribution >= 4 is 5.82 Å². The van der Waals surface area contributed by atoms with Gasteiger partial charge in [0.25, 0.3) is 0 Å². The van der Waals surface area contributed by atoms with Crippen LogP contribution in [0.4, 0.5) is 19.0 Å². The van der Waals surface area contributed by atoms with Gasteiger partial charge in [-0.2, -0.15) is 0 Å². The lowest BCUT2D eigenvalue weighted by atomic mass is 10.0. The fraction of sp³-hybridized carbons (Fsp3) is 0.545. The number of rotatable bonds is 5. The van der Waals surface area contributed by atoms with Gasteiger partial charge in [0.2, 0.25) is 0 Å². The van der Waals surface area contributed by atoms with Crippen LogP contribution in [-0.4, -0.2) is 66.7 Å². The smallest absolute Gasteiger partial charge is 0.168 e.